The number of Topliss-reactive ketones (excluding diaryl/α,β-unsaturated/α-hetero) is 1. The summed E-state index contributed by atoms with van der Waals surface area (Å²) >= 11 is 0. The fourth-order valence-electron chi connectivity index (χ4n) is 3.56. The van der Waals surface area contributed by atoms with Crippen LogP contribution in [0.5, 0.6) is 0 Å². The predicted molar refractivity (Wildman–Crippen MR) is 97.7 cm³/mol. The molecule has 0 aromatic carbocycles. The molecular weight excluding hydrogens is 358 g/mol. The van der Waals surface area contributed by atoms with Crippen LogP contribution >= 0.6 is 0 Å². The summed E-state index contributed by atoms with van der Waals surface area (Å²) in [6.07, 6.45) is -9.02. The SMILES string of the molecule is [2H]C([2H])(CCC[C@H]1C(=O)C[C@@H](O)[C@@H]1CCC(O)C(F)(F)CCCC)C([2H])([2H])CC(=O)O. The first-order chi connectivity index (χ1) is 14.1. The number of aliphatic hydroxyl groups excluding tert-OH is 2. The normalized spacial score (nSPS) is 27.6. The lowest BCUT2D eigenvalue weighted by atomic mass is 9.84. The van der Waals surface area contributed by atoms with E-state index in [0.717, 1.165) is 0 Å². The molecule has 7 heteroatoms. The third-order valence-electron chi connectivity index (χ3n) is 5.14. The Bertz CT molecular complexity index is 618. The number of rotatable bonds is 14. The average Bonchev–Trinajstić information content (AvgIpc) is 2.89. The zero-order chi connectivity index (χ0) is 24.0. The molecule has 5 nitrogen and oxygen atoms in total. The first-order valence-corrected chi connectivity index (χ1v) is 9.63. The van der Waals surface area contributed by atoms with Crippen molar-refractivity contribution in [3.05, 3.63) is 0 Å². The number of alkyl halides is 2. The quantitative estimate of drug-likeness (QED) is 0.413. The van der Waals surface area contributed by atoms with Crippen LogP contribution in [-0.4, -0.2) is 45.2 Å². The highest BCUT2D eigenvalue weighted by molar-refractivity contribution is 5.84. The number of unbranched alkanes of at least 4 members (excludes halogenated alkanes) is 1. The second-order valence-corrected chi connectivity index (χ2v) is 7.28. The monoisotopic (exact) mass is 396 g/mol. The van der Waals surface area contributed by atoms with Crippen molar-refractivity contribution in [2.75, 3.05) is 0 Å². The standard InChI is InChI=1S/C20H34F2O5/c1-2-3-12-20(21,22)18(25)11-10-15-14(16(23)13-17(15)24)8-6-4-5-7-9-19(26)27/h14-15,17-18,24-25H,2-13H2,1H3,(H,26,27)/t14-,15-,17-,18?/m1/s1/i5D2,7D2. The third-order valence-corrected chi connectivity index (χ3v) is 5.14. The lowest BCUT2D eigenvalue weighted by molar-refractivity contribution is -0.137. The molecule has 1 rings (SSSR count). The number of hydrogen-bond donors (Lipinski definition) is 3. The molecule has 0 radical (unpaired) electrons. The summed E-state index contributed by atoms with van der Waals surface area (Å²) in [5.74, 6) is -6.29. The highest BCUT2D eigenvalue weighted by atomic mass is 19.3. The molecule has 0 aromatic heterocycles. The molecule has 0 amide bonds. The maximum absolute atomic E-state index is 14.0. The van der Waals surface area contributed by atoms with Gasteiger partial charge in [0.2, 0.25) is 0 Å². The minimum atomic E-state index is -3.25. The second kappa shape index (κ2) is 11.7. The van der Waals surface area contributed by atoms with E-state index < -0.39 is 61.5 Å². The summed E-state index contributed by atoms with van der Waals surface area (Å²) in [5, 5.41) is 28.8. The van der Waals surface area contributed by atoms with Crippen LogP contribution in [0.4, 0.5) is 8.78 Å². The predicted octanol–water partition coefficient (Wildman–Crippen LogP) is 3.94. The molecule has 3 N–H and O–H groups in total. The molecule has 0 saturated heterocycles. The molecule has 0 aromatic rings. The van der Waals surface area contributed by atoms with Crippen molar-refractivity contribution < 1.29 is 39.2 Å². The Morgan fingerprint density at radius 3 is 2.63 bits per heavy atom. The van der Waals surface area contributed by atoms with Crippen LogP contribution in [0.15, 0.2) is 0 Å². The smallest absolute Gasteiger partial charge is 0.303 e. The van der Waals surface area contributed by atoms with Gasteiger partial charge in [0.15, 0.2) is 0 Å². The molecule has 1 fully saturated rings. The second-order valence-electron chi connectivity index (χ2n) is 7.28. The van der Waals surface area contributed by atoms with Gasteiger partial charge >= 0.3 is 5.97 Å². The highest BCUT2D eigenvalue weighted by Gasteiger charge is 2.43. The molecule has 1 saturated carbocycles. The lowest BCUT2D eigenvalue weighted by Crippen LogP contribution is -2.34. The largest absolute Gasteiger partial charge is 0.481 e. The molecule has 0 heterocycles. The van der Waals surface area contributed by atoms with Crippen molar-refractivity contribution in [1.82, 2.24) is 0 Å². The topological polar surface area (TPSA) is 94.8 Å². The number of carbonyl (C=O) groups is 2. The first-order valence-electron chi connectivity index (χ1n) is 11.6. The van der Waals surface area contributed by atoms with Crippen LogP contribution < -0.4 is 0 Å². The molecule has 1 aliphatic carbocycles. The summed E-state index contributed by atoms with van der Waals surface area (Å²) in [4.78, 5) is 23.0. The zero-order valence-corrected chi connectivity index (χ0v) is 15.8. The van der Waals surface area contributed by atoms with E-state index >= 15 is 0 Å². The molecule has 0 spiro atoms. The number of carbonyl (C=O) groups excluding carboxylic acids is 1. The van der Waals surface area contributed by atoms with E-state index in [1.54, 1.807) is 6.92 Å². The molecule has 1 unspecified atom stereocenters. The maximum atomic E-state index is 14.0. The van der Waals surface area contributed by atoms with Gasteiger partial charge < -0.3 is 15.3 Å². The highest BCUT2D eigenvalue weighted by Crippen LogP contribution is 2.38. The Morgan fingerprint density at radius 2 is 2.00 bits per heavy atom. The van der Waals surface area contributed by atoms with Crippen molar-refractivity contribution in [2.24, 2.45) is 11.8 Å². The number of carboxylic acids is 1. The molecule has 1 aliphatic rings. The number of carboxylic acid groups (broad SMARTS) is 1. The van der Waals surface area contributed by atoms with E-state index in [-0.39, 0.29) is 50.7 Å². The number of hydrogen-bond acceptors (Lipinski definition) is 4. The van der Waals surface area contributed by atoms with Crippen LogP contribution in [-0.2, 0) is 9.59 Å². The van der Waals surface area contributed by atoms with Crippen LogP contribution in [0, 0.1) is 11.8 Å². The first kappa shape index (κ1) is 18.0. The van der Waals surface area contributed by atoms with Crippen molar-refractivity contribution in [1.29, 1.82) is 0 Å². The Labute approximate surface area is 165 Å². The number of halogens is 2. The van der Waals surface area contributed by atoms with E-state index in [4.69, 9.17) is 10.6 Å². The Balaban J connectivity index is 2.68. The van der Waals surface area contributed by atoms with Gasteiger partial charge in [-0.15, -0.1) is 0 Å². The number of aliphatic hydroxyl groups is 2. The third kappa shape index (κ3) is 8.21. The van der Waals surface area contributed by atoms with E-state index in [0.29, 0.717) is 6.42 Å². The number of aliphatic carboxylic acids is 1. The van der Waals surface area contributed by atoms with Crippen LogP contribution in [0.3, 0.4) is 0 Å². The molecule has 158 valence electrons. The fourth-order valence-corrected chi connectivity index (χ4v) is 3.56. The van der Waals surface area contributed by atoms with Gasteiger partial charge in [0.1, 0.15) is 11.9 Å². The molecule has 0 aliphatic heterocycles. The van der Waals surface area contributed by atoms with E-state index in [1.807, 2.05) is 0 Å². The van der Waals surface area contributed by atoms with Gasteiger partial charge in [0.25, 0.3) is 5.92 Å². The zero-order valence-electron chi connectivity index (χ0n) is 19.8. The molecule has 4 atom stereocenters. The minimum absolute atomic E-state index is 0.0210. The average molecular weight is 397 g/mol. The van der Waals surface area contributed by atoms with E-state index in [9.17, 15) is 28.6 Å². The lowest BCUT2D eigenvalue weighted by Gasteiger charge is -2.26. The van der Waals surface area contributed by atoms with Gasteiger partial charge in [-0.1, -0.05) is 32.6 Å². The van der Waals surface area contributed by atoms with Gasteiger partial charge in [-0.2, -0.15) is 0 Å². The van der Waals surface area contributed by atoms with Gasteiger partial charge in [-0.3, -0.25) is 9.59 Å². The summed E-state index contributed by atoms with van der Waals surface area (Å²) in [6, 6.07) is 0. The van der Waals surface area contributed by atoms with E-state index in [1.165, 1.54) is 0 Å². The summed E-state index contributed by atoms with van der Waals surface area (Å²) < 4.78 is 59.1. The van der Waals surface area contributed by atoms with Gasteiger partial charge in [-0.25, -0.2) is 8.78 Å². The van der Waals surface area contributed by atoms with Crippen LogP contribution in [0.25, 0.3) is 0 Å². The van der Waals surface area contributed by atoms with Crippen molar-refractivity contribution in [3.63, 3.8) is 0 Å². The molecule has 0 bridgehead atoms. The van der Waals surface area contributed by atoms with Crippen molar-refractivity contribution in [2.45, 2.75) is 102 Å². The van der Waals surface area contributed by atoms with Crippen LogP contribution in [0.1, 0.15) is 89.4 Å². The Hall–Kier alpha value is -1.08. The van der Waals surface area contributed by atoms with Crippen LogP contribution in [0.2, 0.25) is 0 Å². The Kier molecular flexibility index (Phi) is 7.79. The Morgan fingerprint density at radius 1 is 1.30 bits per heavy atom. The minimum Gasteiger partial charge on any atom is -0.481 e. The van der Waals surface area contributed by atoms with Gasteiger partial charge in [0.05, 0.1) is 6.10 Å². The fraction of sp³-hybridized carbons (Fsp3) is 0.900. The molecular formula is C20H34F2O5. The summed E-state index contributed by atoms with van der Waals surface area (Å²) in [5.41, 5.74) is 0. The number of ketones is 1. The summed E-state index contributed by atoms with van der Waals surface area (Å²) in [7, 11) is 0. The maximum Gasteiger partial charge on any atom is 0.303 e. The van der Waals surface area contributed by atoms with Gasteiger partial charge in [-0.05, 0) is 38.0 Å². The van der Waals surface area contributed by atoms with Crippen molar-refractivity contribution >= 4 is 11.8 Å². The van der Waals surface area contributed by atoms with Gasteiger partial charge in [0, 0.05) is 30.7 Å². The molecule has 27 heavy (non-hydrogen) atoms. The van der Waals surface area contributed by atoms with Crippen molar-refractivity contribution in [3.8, 4) is 0 Å². The van der Waals surface area contributed by atoms with E-state index in [2.05, 4.69) is 0 Å². The summed E-state index contributed by atoms with van der Waals surface area (Å²) in [6.45, 7) is 1.77.